The second-order valence-corrected chi connectivity index (χ2v) is 10.6. The van der Waals surface area contributed by atoms with Crippen molar-refractivity contribution in [3.63, 3.8) is 0 Å². The number of amides is 1. The molecule has 4 rings (SSSR count). The molecule has 2 heterocycles. The van der Waals surface area contributed by atoms with E-state index in [1.54, 1.807) is 37.8 Å². The summed E-state index contributed by atoms with van der Waals surface area (Å²) in [7, 11) is -3.43. The molecule has 0 atom stereocenters. The van der Waals surface area contributed by atoms with Crippen molar-refractivity contribution in [2.75, 3.05) is 12.8 Å². The lowest BCUT2D eigenvalue weighted by Crippen LogP contribution is -2.51. The highest BCUT2D eigenvalue weighted by Crippen LogP contribution is 2.30. The number of carbonyl (C=O) groups excluding carboxylic acids is 1. The van der Waals surface area contributed by atoms with Crippen molar-refractivity contribution in [1.82, 2.24) is 24.6 Å². The Balaban J connectivity index is 1.61. The molecule has 0 saturated carbocycles. The van der Waals surface area contributed by atoms with E-state index in [0.29, 0.717) is 29.1 Å². The average Bonchev–Trinajstić information content (AvgIpc) is 3.19. The standard InChI is InChI=1S/C22H23F2N5O3S/c1-13-20(25-27-29(13)19-8-6-16(23)10-18(19)24)14-5-7-17-15(9-14)11-28(21(17)30)12-22(2,3)26-33(4,31)32/h5-10,26H,11-12H2,1-4H3. The maximum Gasteiger partial charge on any atom is 0.254 e. The van der Waals surface area contributed by atoms with Crippen LogP contribution < -0.4 is 4.72 Å². The van der Waals surface area contributed by atoms with Crippen LogP contribution in [0, 0.1) is 18.6 Å². The summed E-state index contributed by atoms with van der Waals surface area (Å²) in [5.41, 5.74) is 2.30. The van der Waals surface area contributed by atoms with Gasteiger partial charge in [-0.1, -0.05) is 11.3 Å². The van der Waals surface area contributed by atoms with Gasteiger partial charge in [-0.15, -0.1) is 5.10 Å². The smallest absolute Gasteiger partial charge is 0.254 e. The van der Waals surface area contributed by atoms with Crippen LogP contribution in [0.1, 0.15) is 35.5 Å². The largest absolute Gasteiger partial charge is 0.332 e. The first-order valence-corrected chi connectivity index (χ1v) is 12.0. The summed E-state index contributed by atoms with van der Waals surface area (Å²) in [5.74, 6) is -1.62. The molecule has 3 aromatic rings. The van der Waals surface area contributed by atoms with Gasteiger partial charge < -0.3 is 4.90 Å². The van der Waals surface area contributed by atoms with E-state index in [4.69, 9.17) is 0 Å². The summed E-state index contributed by atoms with van der Waals surface area (Å²) in [5, 5.41) is 8.19. The van der Waals surface area contributed by atoms with E-state index in [1.165, 1.54) is 10.7 Å². The summed E-state index contributed by atoms with van der Waals surface area (Å²) in [6.07, 6.45) is 1.08. The van der Waals surface area contributed by atoms with E-state index in [-0.39, 0.29) is 18.1 Å². The van der Waals surface area contributed by atoms with Crippen LogP contribution >= 0.6 is 0 Å². The van der Waals surface area contributed by atoms with Gasteiger partial charge in [0.1, 0.15) is 17.2 Å². The molecule has 1 aromatic heterocycles. The summed E-state index contributed by atoms with van der Waals surface area (Å²) in [6, 6.07) is 8.48. The van der Waals surface area contributed by atoms with Crippen molar-refractivity contribution in [2.24, 2.45) is 0 Å². The number of aromatic nitrogens is 3. The molecule has 0 fully saturated rings. The van der Waals surface area contributed by atoms with E-state index < -0.39 is 27.2 Å². The molecule has 0 unspecified atom stereocenters. The van der Waals surface area contributed by atoms with Crippen LogP contribution in [0.25, 0.3) is 16.9 Å². The van der Waals surface area contributed by atoms with Gasteiger partial charge in [0.15, 0.2) is 5.82 Å². The van der Waals surface area contributed by atoms with Gasteiger partial charge >= 0.3 is 0 Å². The number of nitrogens with one attached hydrogen (secondary N) is 1. The molecule has 33 heavy (non-hydrogen) atoms. The van der Waals surface area contributed by atoms with Gasteiger partial charge in [-0.2, -0.15) is 0 Å². The third kappa shape index (κ3) is 4.64. The van der Waals surface area contributed by atoms with Gasteiger partial charge in [-0.3, -0.25) is 4.79 Å². The number of fused-ring (bicyclic) bond motifs is 1. The fraction of sp³-hybridized carbons (Fsp3) is 0.318. The molecular weight excluding hydrogens is 452 g/mol. The van der Waals surface area contributed by atoms with Crippen LogP contribution in [0.5, 0.6) is 0 Å². The average molecular weight is 476 g/mol. The second kappa shape index (κ2) is 7.99. The lowest BCUT2D eigenvalue weighted by molar-refractivity contribution is 0.0742. The maximum atomic E-state index is 14.2. The third-order valence-corrected chi connectivity index (χ3v) is 6.26. The SMILES string of the molecule is Cc1c(-c2ccc3c(c2)CN(CC(C)(C)NS(C)(=O)=O)C3=O)nnn1-c1ccc(F)cc1F. The summed E-state index contributed by atoms with van der Waals surface area (Å²) < 4.78 is 54.6. The monoisotopic (exact) mass is 475 g/mol. The van der Waals surface area contributed by atoms with Crippen molar-refractivity contribution in [3.8, 4) is 16.9 Å². The zero-order valence-corrected chi connectivity index (χ0v) is 19.4. The Kier molecular flexibility index (Phi) is 5.57. The summed E-state index contributed by atoms with van der Waals surface area (Å²) in [4.78, 5) is 14.4. The minimum atomic E-state index is -3.43. The molecular formula is C22H23F2N5O3S. The molecule has 1 aliphatic heterocycles. The van der Waals surface area contributed by atoms with Crippen LogP contribution in [0.4, 0.5) is 8.78 Å². The number of hydrogen-bond acceptors (Lipinski definition) is 5. The number of sulfonamides is 1. The van der Waals surface area contributed by atoms with Crippen LogP contribution in [-0.4, -0.2) is 52.6 Å². The molecule has 0 radical (unpaired) electrons. The molecule has 8 nitrogen and oxygen atoms in total. The normalized spacial score (nSPS) is 14.1. The Morgan fingerprint density at radius 3 is 2.55 bits per heavy atom. The molecule has 1 amide bonds. The van der Waals surface area contributed by atoms with Crippen molar-refractivity contribution in [2.45, 2.75) is 32.9 Å². The van der Waals surface area contributed by atoms with E-state index in [2.05, 4.69) is 15.0 Å². The first-order valence-electron chi connectivity index (χ1n) is 10.1. The minimum absolute atomic E-state index is 0.0794. The topological polar surface area (TPSA) is 97.2 Å². The van der Waals surface area contributed by atoms with E-state index >= 15 is 0 Å². The van der Waals surface area contributed by atoms with Crippen LogP contribution in [-0.2, 0) is 16.6 Å². The van der Waals surface area contributed by atoms with Gasteiger partial charge in [-0.05, 0) is 50.6 Å². The first-order chi connectivity index (χ1) is 15.3. The lowest BCUT2D eigenvalue weighted by Gasteiger charge is -2.30. The highest BCUT2D eigenvalue weighted by Gasteiger charge is 2.33. The van der Waals surface area contributed by atoms with Crippen LogP contribution in [0.15, 0.2) is 36.4 Å². The minimum Gasteiger partial charge on any atom is -0.332 e. The quantitative estimate of drug-likeness (QED) is 0.591. The Morgan fingerprint density at radius 2 is 1.88 bits per heavy atom. The Hall–Kier alpha value is -3.18. The van der Waals surface area contributed by atoms with E-state index in [9.17, 15) is 22.0 Å². The van der Waals surface area contributed by atoms with E-state index in [0.717, 1.165) is 24.0 Å². The third-order valence-electron chi connectivity index (χ3n) is 5.34. The van der Waals surface area contributed by atoms with Crippen molar-refractivity contribution in [3.05, 3.63) is 64.9 Å². The molecule has 1 aliphatic rings. The van der Waals surface area contributed by atoms with Crippen LogP contribution in [0.3, 0.4) is 0 Å². The fourth-order valence-corrected chi connectivity index (χ4v) is 5.21. The predicted octanol–water partition coefficient (Wildman–Crippen LogP) is 2.80. The highest BCUT2D eigenvalue weighted by molar-refractivity contribution is 7.88. The maximum absolute atomic E-state index is 14.2. The molecule has 0 spiro atoms. The molecule has 2 aromatic carbocycles. The Bertz CT molecular complexity index is 1370. The molecule has 174 valence electrons. The molecule has 11 heteroatoms. The Labute approximate surface area is 190 Å². The van der Waals surface area contributed by atoms with Gasteiger partial charge in [0.25, 0.3) is 5.91 Å². The molecule has 0 saturated heterocycles. The zero-order chi connectivity index (χ0) is 24.1. The zero-order valence-electron chi connectivity index (χ0n) is 18.6. The summed E-state index contributed by atoms with van der Waals surface area (Å²) in [6.45, 7) is 5.67. The van der Waals surface area contributed by atoms with Crippen LogP contribution in [0.2, 0.25) is 0 Å². The highest BCUT2D eigenvalue weighted by atomic mass is 32.2. The van der Waals surface area contributed by atoms with Gasteiger partial charge in [0.2, 0.25) is 10.0 Å². The van der Waals surface area contributed by atoms with Crippen molar-refractivity contribution >= 4 is 15.9 Å². The number of nitrogens with zero attached hydrogens (tertiary/aromatic N) is 4. The number of hydrogen-bond donors (Lipinski definition) is 1. The van der Waals surface area contributed by atoms with Gasteiger partial charge in [0, 0.05) is 35.8 Å². The molecule has 0 aliphatic carbocycles. The number of benzene rings is 2. The summed E-state index contributed by atoms with van der Waals surface area (Å²) >= 11 is 0. The lowest BCUT2D eigenvalue weighted by atomic mass is 10.0. The molecule has 0 bridgehead atoms. The van der Waals surface area contributed by atoms with Crippen molar-refractivity contribution < 1.29 is 22.0 Å². The number of carbonyl (C=O) groups is 1. The predicted molar refractivity (Wildman–Crippen MR) is 118 cm³/mol. The van der Waals surface area contributed by atoms with Crippen molar-refractivity contribution in [1.29, 1.82) is 0 Å². The molecule has 1 N–H and O–H groups in total. The Morgan fingerprint density at radius 1 is 1.15 bits per heavy atom. The second-order valence-electron chi connectivity index (χ2n) is 8.82. The van der Waals surface area contributed by atoms with Gasteiger partial charge in [-0.25, -0.2) is 26.6 Å². The van der Waals surface area contributed by atoms with Gasteiger partial charge in [0.05, 0.1) is 11.9 Å². The number of halogens is 2. The van der Waals surface area contributed by atoms with E-state index in [1.807, 2.05) is 6.07 Å². The fourth-order valence-electron chi connectivity index (χ4n) is 4.14. The first kappa shape index (κ1) is 23.0. The number of rotatable bonds is 6.